The summed E-state index contributed by atoms with van der Waals surface area (Å²) in [6.07, 6.45) is 0. The molecule has 1 unspecified atom stereocenters. The normalized spacial score (nSPS) is 13.3. The number of anilines is 1. The van der Waals surface area contributed by atoms with Gasteiger partial charge in [0.15, 0.2) is 0 Å². The largest absolute Gasteiger partial charge is 0.481 e. The van der Waals surface area contributed by atoms with Crippen molar-refractivity contribution in [2.45, 2.75) is 11.8 Å². The number of carboxylic acids is 1. The van der Waals surface area contributed by atoms with E-state index in [0.29, 0.717) is 5.69 Å². The molecule has 1 aromatic rings. The Balaban J connectivity index is 3.01. The Labute approximate surface area is 113 Å². The molecule has 7 heteroatoms. The van der Waals surface area contributed by atoms with Crippen molar-refractivity contribution in [1.29, 1.82) is 0 Å². The van der Waals surface area contributed by atoms with Crippen molar-refractivity contribution in [3.63, 3.8) is 0 Å². The molecular formula is C12H18N2O4S. The zero-order valence-electron chi connectivity index (χ0n) is 11.1. The fourth-order valence-corrected chi connectivity index (χ4v) is 2.45. The van der Waals surface area contributed by atoms with Gasteiger partial charge in [-0.2, -0.15) is 0 Å². The molecule has 0 saturated heterocycles. The maximum atomic E-state index is 12.1. The first-order valence-electron chi connectivity index (χ1n) is 5.75. The molecule has 0 saturated carbocycles. The summed E-state index contributed by atoms with van der Waals surface area (Å²) in [5, 5.41) is 11.7. The van der Waals surface area contributed by atoms with Gasteiger partial charge in [0.05, 0.1) is 11.6 Å². The highest BCUT2D eigenvalue weighted by molar-refractivity contribution is 7.89. The number of nitrogens with one attached hydrogen (secondary N) is 1. The number of sulfonamides is 1. The molecule has 1 aromatic carbocycles. The third-order valence-electron chi connectivity index (χ3n) is 2.67. The molecule has 0 aliphatic rings. The van der Waals surface area contributed by atoms with E-state index in [-0.39, 0.29) is 11.4 Å². The summed E-state index contributed by atoms with van der Waals surface area (Å²) >= 11 is 0. The second-order valence-corrected chi connectivity index (χ2v) is 6.52. The van der Waals surface area contributed by atoms with Crippen LogP contribution in [0.15, 0.2) is 29.2 Å². The van der Waals surface area contributed by atoms with Crippen LogP contribution in [0, 0.1) is 5.92 Å². The van der Waals surface area contributed by atoms with Gasteiger partial charge in [0.2, 0.25) is 10.0 Å². The fourth-order valence-electron chi connectivity index (χ4n) is 1.38. The Morgan fingerprint density at radius 3 is 2.47 bits per heavy atom. The summed E-state index contributed by atoms with van der Waals surface area (Å²) in [7, 11) is -0.652. The van der Waals surface area contributed by atoms with Crippen molar-refractivity contribution in [2.24, 2.45) is 5.92 Å². The molecule has 0 aliphatic carbocycles. The Bertz CT molecular complexity index is 555. The van der Waals surface area contributed by atoms with Crippen molar-refractivity contribution in [2.75, 3.05) is 26.0 Å². The van der Waals surface area contributed by atoms with Gasteiger partial charge in [-0.25, -0.2) is 12.7 Å². The van der Waals surface area contributed by atoms with E-state index in [9.17, 15) is 13.2 Å². The third-order valence-corrected chi connectivity index (χ3v) is 4.54. The highest BCUT2D eigenvalue weighted by Crippen LogP contribution is 2.23. The average Bonchev–Trinajstić information content (AvgIpc) is 2.35. The van der Waals surface area contributed by atoms with Crippen molar-refractivity contribution >= 4 is 21.7 Å². The van der Waals surface area contributed by atoms with Crippen LogP contribution >= 0.6 is 0 Å². The molecule has 0 aromatic heterocycles. The van der Waals surface area contributed by atoms with Crippen LogP contribution in [0.1, 0.15) is 6.92 Å². The molecule has 0 aliphatic heterocycles. The number of hydrogen-bond acceptors (Lipinski definition) is 4. The van der Waals surface area contributed by atoms with Crippen LogP contribution in [-0.4, -0.2) is 44.4 Å². The lowest BCUT2D eigenvalue weighted by molar-refractivity contribution is -0.140. The molecule has 106 valence electrons. The van der Waals surface area contributed by atoms with Crippen molar-refractivity contribution < 1.29 is 18.3 Å². The molecule has 0 bridgehead atoms. The fraction of sp³-hybridized carbons (Fsp3) is 0.417. The van der Waals surface area contributed by atoms with Crippen LogP contribution in [0.2, 0.25) is 0 Å². The summed E-state index contributed by atoms with van der Waals surface area (Å²) in [5.74, 6) is -1.53. The van der Waals surface area contributed by atoms with E-state index in [4.69, 9.17) is 5.11 Å². The zero-order valence-corrected chi connectivity index (χ0v) is 11.9. The molecule has 0 radical (unpaired) electrons. The van der Waals surface area contributed by atoms with Crippen LogP contribution in [0.4, 0.5) is 5.69 Å². The number of nitrogens with zero attached hydrogens (tertiary/aromatic N) is 1. The van der Waals surface area contributed by atoms with Crippen LogP contribution in [-0.2, 0) is 14.8 Å². The Kier molecular flexibility index (Phi) is 4.90. The topological polar surface area (TPSA) is 86.7 Å². The molecule has 0 amide bonds. The number of para-hydroxylation sites is 1. The molecule has 1 rings (SSSR count). The maximum absolute atomic E-state index is 12.1. The van der Waals surface area contributed by atoms with E-state index in [0.717, 1.165) is 4.31 Å². The smallest absolute Gasteiger partial charge is 0.308 e. The first kappa shape index (κ1) is 15.5. The Hall–Kier alpha value is -1.60. The number of hydrogen-bond donors (Lipinski definition) is 2. The summed E-state index contributed by atoms with van der Waals surface area (Å²) in [6.45, 7) is 1.72. The summed E-state index contributed by atoms with van der Waals surface area (Å²) in [6, 6.07) is 6.43. The van der Waals surface area contributed by atoms with E-state index < -0.39 is 21.9 Å². The van der Waals surface area contributed by atoms with Crippen LogP contribution < -0.4 is 5.32 Å². The third kappa shape index (κ3) is 3.68. The van der Waals surface area contributed by atoms with E-state index in [1.807, 2.05) is 0 Å². The number of carbonyl (C=O) groups is 1. The summed E-state index contributed by atoms with van der Waals surface area (Å²) < 4.78 is 25.3. The van der Waals surface area contributed by atoms with Crippen LogP contribution in [0.25, 0.3) is 0 Å². The predicted molar refractivity (Wildman–Crippen MR) is 72.6 cm³/mol. The molecule has 0 fully saturated rings. The van der Waals surface area contributed by atoms with Gasteiger partial charge in [-0.1, -0.05) is 19.1 Å². The first-order chi connectivity index (χ1) is 8.76. The summed E-state index contributed by atoms with van der Waals surface area (Å²) in [4.78, 5) is 10.9. The van der Waals surface area contributed by atoms with Gasteiger partial charge in [0.25, 0.3) is 0 Å². The van der Waals surface area contributed by atoms with Crippen molar-refractivity contribution in [3.05, 3.63) is 24.3 Å². The van der Waals surface area contributed by atoms with Gasteiger partial charge < -0.3 is 10.4 Å². The quantitative estimate of drug-likeness (QED) is 0.817. The molecule has 19 heavy (non-hydrogen) atoms. The monoisotopic (exact) mass is 286 g/mol. The predicted octanol–water partition coefficient (Wildman–Crippen LogP) is 1.07. The summed E-state index contributed by atoms with van der Waals surface area (Å²) in [5.41, 5.74) is 0.407. The van der Waals surface area contributed by atoms with Gasteiger partial charge in [0, 0.05) is 20.6 Å². The van der Waals surface area contributed by atoms with Gasteiger partial charge in [0.1, 0.15) is 4.90 Å². The molecular weight excluding hydrogens is 268 g/mol. The minimum absolute atomic E-state index is 0.137. The van der Waals surface area contributed by atoms with E-state index in [2.05, 4.69) is 5.32 Å². The van der Waals surface area contributed by atoms with Gasteiger partial charge >= 0.3 is 5.97 Å². The Morgan fingerprint density at radius 2 is 1.95 bits per heavy atom. The van der Waals surface area contributed by atoms with Crippen LogP contribution in [0.5, 0.6) is 0 Å². The Morgan fingerprint density at radius 1 is 1.37 bits per heavy atom. The van der Waals surface area contributed by atoms with Crippen LogP contribution in [0.3, 0.4) is 0 Å². The maximum Gasteiger partial charge on any atom is 0.308 e. The first-order valence-corrected chi connectivity index (χ1v) is 7.19. The molecule has 1 atom stereocenters. The second kappa shape index (κ2) is 6.03. The average molecular weight is 286 g/mol. The van der Waals surface area contributed by atoms with Gasteiger partial charge in [-0.15, -0.1) is 0 Å². The molecule has 2 N–H and O–H groups in total. The van der Waals surface area contributed by atoms with E-state index in [1.54, 1.807) is 25.1 Å². The van der Waals surface area contributed by atoms with E-state index >= 15 is 0 Å². The zero-order chi connectivity index (χ0) is 14.6. The SMILES string of the molecule is CC(CNc1ccccc1S(=O)(=O)N(C)C)C(=O)O. The van der Waals surface area contributed by atoms with Gasteiger partial charge in [-0.05, 0) is 12.1 Å². The number of aliphatic carboxylic acids is 1. The molecule has 6 nitrogen and oxygen atoms in total. The minimum Gasteiger partial charge on any atom is -0.481 e. The van der Waals surface area contributed by atoms with Gasteiger partial charge in [-0.3, -0.25) is 4.79 Å². The minimum atomic E-state index is -3.55. The number of carboxylic acid groups (broad SMARTS) is 1. The van der Waals surface area contributed by atoms with Crippen molar-refractivity contribution in [1.82, 2.24) is 4.31 Å². The van der Waals surface area contributed by atoms with E-state index in [1.165, 1.54) is 20.2 Å². The molecule has 0 heterocycles. The highest BCUT2D eigenvalue weighted by Gasteiger charge is 2.21. The second-order valence-electron chi connectivity index (χ2n) is 4.40. The highest BCUT2D eigenvalue weighted by atomic mass is 32.2. The molecule has 0 spiro atoms. The number of benzene rings is 1. The lowest BCUT2D eigenvalue weighted by Gasteiger charge is -2.17. The van der Waals surface area contributed by atoms with Crippen molar-refractivity contribution in [3.8, 4) is 0 Å². The lowest BCUT2D eigenvalue weighted by Crippen LogP contribution is -2.25. The lowest BCUT2D eigenvalue weighted by atomic mass is 10.2. The standard InChI is InChI=1S/C12H18N2O4S/c1-9(12(15)16)8-13-10-6-4-5-7-11(10)19(17,18)14(2)3/h4-7,9,13H,8H2,1-3H3,(H,15,16). The number of rotatable bonds is 6.